The van der Waals surface area contributed by atoms with Gasteiger partial charge in [-0.15, -0.1) is 0 Å². The van der Waals surface area contributed by atoms with E-state index in [4.69, 9.17) is 5.11 Å². The minimum Gasteiger partial charge on any atom is -0.396 e. The second-order valence-electron chi connectivity index (χ2n) is 4.03. The van der Waals surface area contributed by atoms with Gasteiger partial charge in [0.1, 0.15) is 0 Å². The van der Waals surface area contributed by atoms with E-state index in [1.807, 2.05) is 0 Å². The van der Waals surface area contributed by atoms with Crippen molar-refractivity contribution in [3.63, 3.8) is 0 Å². The summed E-state index contributed by atoms with van der Waals surface area (Å²) in [7, 11) is 0. The fourth-order valence-electron chi connectivity index (χ4n) is 1.76. The van der Waals surface area contributed by atoms with Gasteiger partial charge < -0.3 is 15.7 Å². The molecule has 13 heavy (non-hydrogen) atoms. The van der Waals surface area contributed by atoms with Crippen LogP contribution >= 0.6 is 0 Å². The molecule has 0 radical (unpaired) electrons. The Kier molecular flexibility index (Phi) is 5.35. The summed E-state index contributed by atoms with van der Waals surface area (Å²) in [6.07, 6.45) is 3.51. The first kappa shape index (κ1) is 11.0. The van der Waals surface area contributed by atoms with E-state index in [1.54, 1.807) is 0 Å². The number of piperidine rings is 1. The van der Waals surface area contributed by atoms with Crippen LogP contribution in [0, 0.1) is 5.92 Å². The highest BCUT2D eigenvalue weighted by Crippen LogP contribution is 2.08. The van der Waals surface area contributed by atoms with Crippen LogP contribution in [0.1, 0.15) is 26.2 Å². The molecule has 2 unspecified atom stereocenters. The third-order valence-electron chi connectivity index (χ3n) is 2.72. The lowest BCUT2D eigenvalue weighted by Gasteiger charge is -2.24. The van der Waals surface area contributed by atoms with Gasteiger partial charge in [0.05, 0.1) is 0 Å². The van der Waals surface area contributed by atoms with Gasteiger partial charge in [0.2, 0.25) is 0 Å². The molecule has 0 aliphatic carbocycles. The number of aliphatic hydroxyl groups is 1. The Morgan fingerprint density at radius 3 is 3.08 bits per heavy atom. The Morgan fingerprint density at radius 1 is 1.62 bits per heavy atom. The molecular weight excluding hydrogens is 164 g/mol. The Bertz CT molecular complexity index is 124. The van der Waals surface area contributed by atoms with Crippen molar-refractivity contribution in [2.24, 2.45) is 5.92 Å². The number of aliphatic hydroxyl groups excluding tert-OH is 1. The molecule has 2 atom stereocenters. The van der Waals surface area contributed by atoms with Crippen molar-refractivity contribution in [1.82, 2.24) is 10.6 Å². The zero-order valence-electron chi connectivity index (χ0n) is 8.55. The van der Waals surface area contributed by atoms with E-state index in [1.165, 1.54) is 19.4 Å². The van der Waals surface area contributed by atoms with Gasteiger partial charge in [0.15, 0.2) is 0 Å². The van der Waals surface area contributed by atoms with E-state index in [0.717, 1.165) is 25.4 Å². The third-order valence-corrected chi connectivity index (χ3v) is 2.72. The largest absolute Gasteiger partial charge is 0.396 e. The molecule has 3 N–H and O–H groups in total. The zero-order valence-corrected chi connectivity index (χ0v) is 8.55. The predicted molar refractivity (Wildman–Crippen MR) is 54.8 cm³/mol. The molecule has 3 nitrogen and oxygen atoms in total. The van der Waals surface area contributed by atoms with E-state index in [9.17, 15) is 0 Å². The van der Waals surface area contributed by atoms with Crippen molar-refractivity contribution in [3.05, 3.63) is 0 Å². The lowest BCUT2D eigenvalue weighted by molar-refractivity contribution is 0.262. The highest BCUT2D eigenvalue weighted by molar-refractivity contribution is 4.72. The monoisotopic (exact) mass is 186 g/mol. The van der Waals surface area contributed by atoms with Crippen LogP contribution in [0.25, 0.3) is 0 Å². The average molecular weight is 186 g/mol. The summed E-state index contributed by atoms with van der Waals surface area (Å²) < 4.78 is 0. The molecule has 0 aromatic carbocycles. The molecule has 0 saturated carbocycles. The molecule has 0 amide bonds. The topological polar surface area (TPSA) is 44.3 Å². The standard InChI is InChI=1S/C10H22N2O/c1-9(4-6-13)12-8-10-3-2-5-11-7-10/h9-13H,2-8H2,1H3. The van der Waals surface area contributed by atoms with Gasteiger partial charge in [-0.2, -0.15) is 0 Å². The predicted octanol–water partition coefficient (Wildman–Crippen LogP) is 0.346. The third kappa shape index (κ3) is 4.60. The van der Waals surface area contributed by atoms with Crippen LogP contribution in [0.3, 0.4) is 0 Å². The molecule has 1 rings (SSSR count). The van der Waals surface area contributed by atoms with E-state index < -0.39 is 0 Å². The SMILES string of the molecule is CC(CCO)NCC1CCCNC1. The van der Waals surface area contributed by atoms with Gasteiger partial charge in [-0.05, 0) is 51.7 Å². The van der Waals surface area contributed by atoms with Crippen molar-refractivity contribution in [1.29, 1.82) is 0 Å². The van der Waals surface area contributed by atoms with E-state index in [-0.39, 0.29) is 6.61 Å². The molecule has 78 valence electrons. The van der Waals surface area contributed by atoms with Gasteiger partial charge in [0.25, 0.3) is 0 Å². The van der Waals surface area contributed by atoms with Gasteiger partial charge in [-0.3, -0.25) is 0 Å². The lowest BCUT2D eigenvalue weighted by atomic mass is 9.99. The maximum absolute atomic E-state index is 8.72. The van der Waals surface area contributed by atoms with Gasteiger partial charge in [-0.25, -0.2) is 0 Å². The smallest absolute Gasteiger partial charge is 0.0445 e. The van der Waals surface area contributed by atoms with Gasteiger partial charge in [0, 0.05) is 12.6 Å². The summed E-state index contributed by atoms with van der Waals surface area (Å²) in [4.78, 5) is 0. The Labute approximate surface area is 80.9 Å². The summed E-state index contributed by atoms with van der Waals surface area (Å²) >= 11 is 0. The molecule has 1 fully saturated rings. The van der Waals surface area contributed by atoms with E-state index in [2.05, 4.69) is 17.6 Å². The minimum atomic E-state index is 0.289. The van der Waals surface area contributed by atoms with E-state index in [0.29, 0.717) is 6.04 Å². The maximum atomic E-state index is 8.72. The van der Waals surface area contributed by atoms with Crippen LogP contribution in [0.15, 0.2) is 0 Å². The Morgan fingerprint density at radius 2 is 2.46 bits per heavy atom. The van der Waals surface area contributed by atoms with Crippen LogP contribution in [0.5, 0.6) is 0 Å². The fourth-order valence-corrected chi connectivity index (χ4v) is 1.76. The first-order valence-electron chi connectivity index (χ1n) is 5.38. The number of rotatable bonds is 5. The summed E-state index contributed by atoms with van der Waals surface area (Å²) in [5.74, 6) is 0.787. The molecule has 0 aromatic rings. The second kappa shape index (κ2) is 6.35. The fraction of sp³-hybridized carbons (Fsp3) is 1.00. The first-order chi connectivity index (χ1) is 6.33. The molecule has 0 spiro atoms. The van der Waals surface area contributed by atoms with Gasteiger partial charge in [-0.1, -0.05) is 0 Å². The van der Waals surface area contributed by atoms with Crippen LogP contribution in [0.2, 0.25) is 0 Å². The number of hydrogen-bond donors (Lipinski definition) is 3. The van der Waals surface area contributed by atoms with Crippen molar-refractivity contribution in [3.8, 4) is 0 Å². The molecular formula is C10H22N2O. The normalized spacial score (nSPS) is 25.8. The summed E-state index contributed by atoms with van der Waals surface area (Å²) in [5.41, 5.74) is 0. The second-order valence-corrected chi connectivity index (χ2v) is 4.03. The highest BCUT2D eigenvalue weighted by Gasteiger charge is 2.13. The summed E-state index contributed by atoms with van der Waals surface area (Å²) in [6.45, 7) is 5.85. The molecule has 0 bridgehead atoms. The van der Waals surface area contributed by atoms with Crippen LogP contribution < -0.4 is 10.6 Å². The number of hydrogen-bond acceptors (Lipinski definition) is 3. The van der Waals surface area contributed by atoms with Crippen LogP contribution in [-0.4, -0.2) is 37.4 Å². The molecule has 1 saturated heterocycles. The van der Waals surface area contributed by atoms with E-state index >= 15 is 0 Å². The Hall–Kier alpha value is -0.120. The quantitative estimate of drug-likeness (QED) is 0.580. The molecule has 1 aliphatic rings. The summed E-state index contributed by atoms with van der Waals surface area (Å²) in [5, 5.41) is 15.6. The number of nitrogens with one attached hydrogen (secondary N) is 2. The maximum Gasteiger partial charge on any atom is 0.0445 e. The summed E-state index contributed by atoms with van der Waals surface area (Å²) in [6, 6.07) is 0.451. The molecule has 1 heterocycles. The average Bonchev–Trinajstić information content (AvgIpc) is 2.17. The lowest BCUT2D eigenvalue weighted by Crippen LogP contribution is -2.39. The highest BCUT2D eigenvalue weighted by atomic mass is 16.3. The van der Waals surface area contributed by atoms with Crippen molar-refractivity contribution in [2.45, 2.75) is 32.2 Å². The first-order valence-corrected chi connectivity index (χ1v) is 5.38. The van der Waals surface area contributed by atoms with Crippen molar-refractivity contribution < 1.29 is 5.11 Å². The molecule has 3 heteroatoms. The molecule has 0 aromatic heterocycles. The minimum absolute atomic E-state index is 0.289. The molecule has 1 aliphatic heterocycles. The Balaban J connectivity index is 2.03. The zero-order chi connectivity index (χ0) is 9.52. The van der Waals surface area contributed by atoms with Crippen LogP contribution in [0.4, 0.5) is 0 Å². The van der Waals surface area contributed by atoms with Gasteiger partial charge >= 0.3 is 0 Å². The van der Waals surface area contributed by atoms with Crippen molar-refractivity contribution >= 4 is 0 Å². The van der Waals surface area contributed by atoms with Crippen LogP contribution in [-0.2, 0) is 0 Å². The van der Waals surface area contributed by atoms with Crippen molar-refractivity contribution in [2.75, 3.05) is 26.2 Å².